The first-order valence-electron chi connectivity index (χ1n) is 8.20. The molecule has 0 spiro atoms. The van der Waals surface area contributed by atoms with Crippen LogP contribution < -0.4 is 4.74 Å². The molecule has 7 nitrogen and oxygen atoms in total. The van der Waals surface area contributed by atoms with Crippen molar-refractivity contribution in [2.24, 2.45) is 4.99 Å². The van der Waals surface area contributed by atoms with Crippen LogP contribution in [0.5, 0.6) is 5.75 Å². The molecule has 0 saturated carbocycles. The number of carbonyl (C=O) groups excluding carboxylic acids is 2. The van der Waals surface area contributed by atoms with Gasteiger partial charge < -0.3 is 19.1 Å². The third-order valence-corrected chi connectivity index (χ3v) is 5.62. The van der Waals surface area contributed by atoms with Crippen molar-refractivity contribution in [3.63, 3.8) is 0 Å². The lowest BCUT2D eigenvalue weighted by Gasteiger charge is -2.35. The summed E-state index contributed by atoms with van der Waals surface area (Å²) in [6.45, 7) is 3.58. The fourth-order valence-corrected chi connectivity index (χ4v) is 4.25. The summed E-state index contributed by atoms with van der Waals surface area (Å²) < 4.78 is 15.1. The predicted molar refractivity (Wildman–Crippen MR) is 102 cm³/mol. The van der Waals surface area contributed by atoms with Crippen LogP contribution in [0.15, 0.2) is 51.1 Å². The number of aliphatic imine (C=N–C) groups is 1. The first-order chi connectivity index (χ1) is 12.9. The number of rotatable bonds is 4. The number of hydrogen-bond donors (Lipinski definition) is 0. The Morgan fingerprint density at radius 1 is 1.04 bits per heavy atom. The SMILES string of the molecule is COC(=O)C1=C(C)N2C(=NC(C)=C(C(=O)OC)[C@H]2c2ccc(OC)cc2)S1. The second kappa shape index (κ2) is 7.48. The molecule has 0 radical (unpaired) electrons. The molecule has 0 aromatic heterocycles. The van der Waals surface area contributed by atoms with Crippen LogP contribution in [-0.2, 0) is 19.1 Å². The Hall–Kier alpha value is -2.74. The first kappa shape index (κ1) is 19.0. The second-order valence-electron chi connectivity index (χ2n) is 5.94. The van der Waals surface area contributed by atoms with Gasteiger partial charge in [-0.1, -0.05) is 12.1 Å². The summed E-state index contributed by atoms with van der Waals surface area (Å²) in [5.74, 6) is -0.178. The van der Waals surface area contributed by atoms with Crippen LogP contribution in [0.1, 0.15) is 25.5 Å². The van der Waals surface area contributed by atoms with Gasteiger partial charge in [0.2, 0.25) is 0 Å². The Morgan fingerprint density at radius 3 is 2.22 bits per heavy atom. The Labute approximate surface area is 161 Å². The Morgan fingerprint density at radius 2 is 1.67 bits per heavy atom. The molecular weight excluding hydrogens is 368 g/mol. The molecule has 3 rings (SSSR count). The maximum absolute atomic E-state index is 12.5. The van der Waals surface area contributed by atoms with Crippen LogP contribution >= 0.6 is 11.8 Å². The third kappa shape index (κ3) is 3.21. The minimum Gasteiger partial charge on any atom is -0.497 e. The predicted octanol–water partition coefficient (Wildman–Crippen LogP) is 3.01. The van der Waals surface area contributed by atoms with Gasteiger partial charge in [0.1, 0.15) is 10.7 Å². The highest BCUT2D eigenvalue weighted by molar-refractivity contribution is 8.18. The second-order valence-corrected chi connectivity index (χ2v) is 6.92. The number of ether oxygens (including phenoxy) is 3. The molecule has 1 atom stereocenters. The van der Waals surface area contributed by atoms with Crippen molar-refractivity contribution < 1.29 is 23.8 Å². The largest absolute Gasteiger partial charge is 0.497 e. The monoisotopic (exact) mass is 388 g/mol. The van der Waals surface area contributed by atoms with Crippen LogP contribution in [-0.4, -0.2) is 43.3 Å². The van der Waals surface area contributed by atoms with E-state index in [1.807, 2.05) is 36.1 Å². The average Bonchev–Trinajstić information content (AvgIpc) is 3.01. The van der Waals surface area contributed by atoms with Crippen LogP contribution in [0.4, 0.5) is 0 Å². The quantitative estimate of drug-likeness (QED) is 0.734. The summed E-state index contributed by atoms with van der Waals surface area (Å²) in [5.41, 5.74) is 2.52. The highest BCUT2D eigenvalue weighted by Gasteiger charge is 2.43. The summed E-state index contributed by atoms with van der Waals surface area (Å²) >= 11 is 1.24. The van der Waals surface area contributed by atoms with Crippen molar-refractivity contribution in [3.8, 4) is 5.75 Å². The molecule has 2 aliphatic heterocycles. The van der Waals surface area contributed by atoms with Crippen LogP contribution in [0, 0.1) is 0 Å². The lowest BCUT2D eigenvalue weighted by atomic mass is 9.94. The highest BCUT2D eigenvalue weighted by atomic mass is 32.2. The van der Waals surface area contributed by atoms with E-state index in [0.717, 1.165) is 5.56 Å². The maximum atomic E-state index is 12.5. The van der Waals surface area contributed by atoms with E-state index < -0.39 is 18.0 Å². The molecule has 142 valence electrons. The van der Waals surface area contributed by atoms with E-state index in [9.17, 15) is 9.59 Å². The zero-order chi connectivity index (χ0) is 19.7. The maximum Gasteiger partial charge on any atom is 0.346 e. The number of esters is 2. The van der Waals surface area contributed by atoms with Gasteiger partial charge in [0.15, 0.2) is 5.17 Å². The number of amidine groups is 1. The molecule has 0 bridgehead atoms. The van der Waals surface area contributed by atoms with Gasteiger partial charge in [-0.2, -0.15) is 0 Å². The van der Waals surface area contributed by atoms with Crippen molar-refractivity contribution in [2.45, 2.75) is 19.9 Å². The van der Waals surface area contributed by atoms with Crippen LogP contribution in [0.25, 0.3) is 0 Å². The molecule has 2 aliphatic rings. The molecule has 8 heteroatoms. The fraction of sp³-hybridized carbons (Fsp3) is 0.316. The lowest BCUT2D eigenvalue weighted by Crippen LogP contribution is -2.36. The minimum absolute atomic E-state index is 0.428. The number of hydrogen-bond acceptors (Lipinski definition) is 8. The number of thioether (sulfide) groups is 1. The van der Waals surface area contributed by atoms with E-state index in [0.29, 0.717) is 32.8 Å². The topological polar surface area (TPSA) is 77.4 Å². The van der Waals surface area contributed by atoms with Crippen molar-refractivity contribution in [1.29, 1.82) is 0 Å². The van der Waals surface area contributed by atoms with E-state index in [1.54, 1.807) is 14.0 Å². The summed E-state index contributed by atoms with van der Waals surface area (Å²) in [6.07, 6.45) is 0. The normalized spacial score (nSPS) is 18.9. The molecule has 0 fully saturated rings. The lowest BCUT2D eigenvalue weighted by molar-refractivity contribution is -0.137. The van der Waals surface area contributed by atoms with Gasteiger partial charge >= 0.3 is 11.9 Å². The van der Waals surface area contributed by atoms with E-state index in [1.165, 1.54) is 26.0 Å². The molecular formula is C19H20N2O5S. The molecule has 1 aromatic carbocycles. The van der Waals surface area contributed by atoms with Gasteiger partial charge in [-0.15, -0.1) is 0 Å². The number of allylic oxidation sites excluding steroid dienone is 2. The molecule has 0 amide bonds. The van der Waals surface area contributed by atoms with E-state index in [-0.39, 0.29) is 0 Å². The first-order valence-corrected chi connectivity index (χ1v) is 9.02. The van der Waals surface area contributed by atoms with Crippen molar-refractivity contribution >= 4 is 28.9 Å². The molecule has 27 heavy (non-hydrogen) atoms. The molecule has 0 saturated heterocycles. The van der Waals surface area contributed by atoms with Crippen LogP contribution in [0.2, 0.25) is 0 Å². The molecule has 0 unspecified atom stereocenters. The van der Waals surface area contributed by atoms with Gasteiger partial charge in [-0.25, -0.2) is 14.6 Å². The minimum atomic E-state index is -0.467. The van der Waals surface area contributed by atoms with Gasteiger partial charge in [0.05, 0.1) is 38.6 Å². The number of fused-ring (bicyclic) bond motifs is 1. The number of methoxy groups -OCH3 is 3. The number of benzene rings is 1. The molecule has 1 aromatic rings. The zero-order valence-electron chi connectivity index (χ0n) is 15.7. The molecule has 0 aliphatic carbocycles. The smallest absolute Gasteiger partial charge is 0.346 e. The van der Waals surface area contributed by atoms with E-state index in [2.05, 4.69) is 4.99 Å². The van der Waals surface area contributed by atoms with Gasteiger partial charge in [0, 0.05) is 5.70 Å². The van der Waals surface area contributed by atoms with Gasteiger partial charge in [-0.05, 0) is 43.3 Å². The van der Waals surface area contributed by atoms with Crippen molar-refractivity contribution in [1.82, 2.24) is 4.90 Å². The summed E-state index contributed by atoms with van der Waals surface area (Å²) in [4.78, 5) is 31.5. The average molecular weight is 388 g/mol. The Bertz CT molecular complexity index is 886. The van der Waals surface area contributed by atoms with Gasteiger partial charge in [0.25, 0.3) is 0 Å². The summed E-state index contributed by atoms with van der Waals surface area (Å²) in [7, 11) is 4.28. The van der Waals surface area contributed by atoms with E-state index >= 15 is 0 Å². The Kier molecular flexibility index (Phi) is 5.27. The number of nitrogens with zero attached hydrogens (tertiary/aromatic N) is 2. The third-order valence-electron chi connectivity index (χ3n) is 4.48. The molecule has 0 N–H and O–H groups in total. The fourth-order valence-electron chi connectivity index (χ4n) is 3.13. The summed E-state index contributed by atoms with van der Waals surface area (Å²) in [6, 6.07) is 6.96. The zero-order valence-corrected chi connectivity index (χ0v) is 16.5. The Balaban J connectivity index is 2.16. The van der Waals surface area contributed by atoms with Crippen LogP contribution in [0.3, 0.4) is 0 Å². The number of carbonyl (C=O) groups is 2. The van der Waals surface area contributed by atoms with Crippen molar-refractivity contribution in [3.05, 3.63) is 51.7 Å². The standard InChI is InChI=1S/C19H20N2O5S/c1-10-14(17(22)25-4)15(12-6-8-13(24-3)9-7-12)21-11(2)16(18(23)26-5)27-19(21)20-10/h6-9,15H,1-5H3/t15-/m1/s1. The highest BCUT2D eigenvalue weighted by Crippen LogP contribution is 2.47. The summed E-state index contributed by atoms with van der Waals surface area (Å²) in [5, 5.41) is 0.624. The van der Waals surface area contributed by atoms with Crippen molar-refractivity contribution in [2.75, 3.05) is 21.3 Å². The van der Waals surface area contributed by atoms with E-state index in [4.69, 9.17) is 14.2 Å². The van der Waals surface area contributed by atoms with Gasteiger partial charge in [-0.3, -0.25) is 0 Å². The molecule has 2 heterocycles.